The summed E-state index contributed by atoms with van der Waals surface area (Å²) in [7, 11) is 1.30. The van der Waals surface area contributed by atoms with Gasteiger partial charge in [0.25, 0.3) is 5.91 Å². The van der Waals surface area contributed by atoms with Crippen molar-refractivity contribution in [2.24, 2.45) is 0 Å². The van der Waals surface area contributed by atoms with Crippen LogP contribution < -0.4 is 5.23 Å². The smallest absolute Gasteiger partial charge is 0.328 e. The zero-order chi connectivity index (χ0) is 18.7. The van der Waals surface area contributed by atoms with E-state index < -0.39 is 18.1 Å². The predicted octanol–water partition coefficient (Wildman–Crippen LogP) is 1.33. The number of ether oxygens (including phenoxy) is 1. The molecule has 9 heteroatoms. The van der Waals surface area contributed by atoms with Crippen molar-refractivity contribution in [2.75, 3.05) is 18.9 Å². The number of nitrogens with zero attached hydrogens (tertiary/aromatic N) is 4. The van der Waals surface area contributed by atoms with Crippen LogP contribution in [-0.4, -0.2) is 51.2 Å². The van der Waals surface area contributed by atoms with Gasteiger partial charge in [-0.15, -0.1) is 0 Å². The Labute approximate surface area is 149 Å². The Kier molecular flexibility index (Phi) is 5.19. The van der Waals surface area contributed by atoms with Crippen LogP contribution in [0.3, 0.4) is 0 Å². The summed E-state index contributed by atoms with van der Waals surface area (Å²) in [6, 6.07) is 7.52. The second-order valence-corrected chi connectivity index (χ2v) is 5.98. The molecule has 2 heterocycles. The molecular weight excluding hydrogens is 340 g/mol. The lowest BCUT2D eigenvalue weighted by atomic mass is 10.0. The first kappa shape index (κ1) is 17.9. The van der Waals surface area contributed by atoms with Crippen LogP contribution in [0.4, 0.5) is 5.82 Å². The van der Waals surface area contributed by atoms with Gasteiger partial charge in [0, 0.05) is 6.54 Å². The number of aromatic nitrogens is 2. The minimum atomic E-state index is -0.817. The standard InChI is InChI=1S/C17H19N4O5/c1-26-17(23)13-8-5-9-20(13)16(22)15(12-6-3-2-4-7-12)19-10-14(18-11-19)21(24)25/h2-4,6-7,10-11,13,15,24H,5,8-9H2,1H3/q-1/t13-,15?/m0/s1. The third-order valence-electron chi connectivity index (χ3n) is 4.44. The summed E-state index contributed by atoms with van der Waals surface area (Å²) in [4.78, 5) is 30.6. The van der Waals surface area contributed by atoms with Crippen LogP contribution in [0, 0.1) is 5.21 Å². The number of amides is 1. The minimum absolute atomic E-state index is 0.232. The van der Waals surface area contributed by atoms with Gasteiger partial charge in [-0.25, -0.2) is 9.78 Å². The van der Waals surface area contributed by atoms with Crippen LogP contribution in [0.25, 0.3) is 0 Å². The Morgan fingerprint density at radius 2 is 2.12 bits per heavy atom. The number of hydrogen-bond acceptors (Lipinski definition) is 7. The van der Waals surface area contributed by atoms with Crippen molar-refractivity contribution in [1.29, 1.82) is 0 Å². The fourth-order valence-corrected chi connectivity index (χ4v) is 3.21. The fourth-order valence-electron chi connectivity index (χ4n) is 3.21. The maximum Gasteiger partial charge on any atom is 0.328 e. The molecule has 1 aromatic heterocycles. The lowest BCUT2D eigenvalue weighted by Crippen LogP contribution is -2.44. The van der Waals surface area contributed by atoms with E-state index in [2.05, 4.69) is 4.98 Å². The molecule has 26 heavy (non-hydrogen) atoms. The van der Waals surface area contributed by atoms with Gasteiger partial charge in [-0.1, -0.05) is 30.3 Å². The van der Waals surface area contributed by atoms with Crippen molar-refractivity contribution in [1.82, 2.24) is 14.5 Å². The van der Waals surface area contributed by atoms with Crippen LogP contribution >= 0.6 is 0 Å². The van der Waals surface area contributed by atoms with Gasteiger partial charge in [0.05, 0.1) is 19.6 Å². The highest BCUT2D eigenvalue weighted by atomic mass is 16.8. The summed E-state index contributed by atoms with van der Waals surface area (Å²) in [5, 5.41) is 19.7. The van der Waals surface area contributed by atoms with E-state index in [4.69, 9.17) is 9.94 Å². The van der Waals surface area contributed by atoms with E-state index in [9.17, 15) is 14.8 Å². The fraction of sp³-hybridized carbons (Fsp3) is 0.353. The molecule has 1 fully saturated rings. The third-order valence-corrected chi connectivity index (χ3v) is 4.44. The van der Waals surface area contributed by atoms with Gasteiger partial charge in [0.1, 0.15) is 12.1 Å². The number of rotatable bonds is 5. The van der Waals surface area contributed by atoms with E-state index in [1.54, 1.807) is 24.3 Å². The van der Waals surface area contributed by atoms with Gasteiger partial charge in [-0.2, -0.15) is 0 Å². The second kappa shape index (κ2) is 7.54. The van der Waals surface area contributed by atoms with Crippen molar-refractivity contribution in [3.63, 3.8) is 0 Å². The molecule has 1 amide bonds. The van der Waals surface area contributed by atoms with E-state index in [1.807, 2.05) is 6.07 Å². The molecule has 1 saturated heterocycles. The van der Waals surface area contributed by atoms with Crippen LogP contribution in [0.1, 0.15) is 24.4 Å². The molecular formula is C17H19N4O5-. The summed E-state index contributed by atoms with van der Waals surface area (Å²) in [6.07, 6.45) is 3.83. The first-order valence-corrected chi connectivity index (χ1v) is 8.15. The topological polar surface area (TPSA) is 111 Å². The SMILES string of the molecule is COC(=O)[C@@H]1CCCN1C(=O)C(c1ccccc1)n1cnc(N([O-])O)c1. The summed E-state index contributed by atoms with van der Waals surface area (Å²) in [6.45, 7) is 0.442. The Bertz CT molecular complexity index is 776. The summed E-state index contributed by atoms with van der Waals surface area (Å²) in [5.41, 5.74) is 0.673. The predicted molar refractivity (Wildman–Crippen MR) is 91.2 cm³/mol. The molecule has 0 bridgehead atoms. The Morgan fingerprint density at radius 1 is 1.38 bits per heavy atom. The minimum Gasteiger partial charge on any atom is -0.732 e. The maximum absolute atomic E-state index is 13.3. The van der Waals surface area contributed by atoms with Gasteiger partial charge in [-0.3, -0.25) is 10.0 Å². The molecule has 1 N–H and O–H groups in total. The van der Waals surface area contributed by atoms with Crippen molar-refractivity contribution < 1.29 is 19.5 Å². The molecule has 0 spiro atoms. The summed E-state index contributed by atoms with van der Waals surface area (Å²) in [5.74, 6) is -0.983. The molecule has 2 aromatic rings. The van der Waals surface area contributed by atoms with Crippen molar-refractivity contribution in [3.8, 4) is 0 Å². The highest BCUT2D eigenvalue weighted by Gasteiger charge is 2.38. The monoisotopic (exact) mass is 359 g/mol. The number of methoxy groups -OCH3 is 1. The lowest BCUT2D eigenvalue weighted by Gasteiger charge is -2.28. The van der Waals surface area contributed by atoms with Crippen LogP contribution in [0.5, 0.6) is 0 Å². The molecule has 1 aliphatic heterocycles. The van der Waals surface area contributed by atoms with Crippen LogP contribution in [0.2, 0.25) is 0 Å². The summed E-state index contributed by atoms with van der Waals surface area (Å²) >= 11 is 0. The second-order valence-electron chi connectivity index (χ2n) is 5.98. The highest BCUT2D eigenvalue weighted by molar-refractivity contribution is 5.89. The van der Waals surface area contributed by atoms with Crippen molar-refractivity contribution >= 4 is 17.7 Å². The van der Waals surface area contributed by atoms with E-state index in [1.165, 1.54) is 29.1 Å². The molecule has 0 radical (unpaired) electrons. The van der Waals surface area contributed by atoms with Gasteiger partial charge in [-0.05, 0) is 18.4 Å². The first-order chi connectivity index (χ1) is 12.5. The lowest BCUT2D eigenvalue weighted by molar-refractivity contribution is -0.151. The molecule has 1 unspecified atom stereocenters. The molecule has 1 aromatic carbocycles. The van der Waals surface area contributed by atoms with E-state index in [0.717, 1.165) is 0 Å². The Hall–Kier alpha value is -2.91. The average molecular weight is 359 g/mol. The number of carbonyl (C=O) groups excluding carboxylic acids is 2. The number of benzene rings is 1. The zero-order valence-electron chi connectivity index (χ0n) is 14.2. The Balaban J connectivity index is 1.97. The number of hydrogen-bond donors (Lipinski definition) is 1. The van der Waals surface area contributed by atoms with E-state index >= 15 is 0 Å². The average Bonchev–Trinajstić information content (AvgIpc) is 3.32. The van der Waals surface area contributed by atoms with Crippen molar-refractivity contribution in [3.05, 3.63) is 53.6 Å². The van der Waals surface area contributed by atoms with Gasteiger partial charge < -0.3 is 24.6 Å². The molecule has 0 saturated carbocycles. The first-order valence-electron chi connectivity index (χ1n) is 8.15. The largest absolute Gasteiger partial charge is 0.732 e. The Morgan fingerprint density at radius 3 is 2.73 bits per heavy atom. The van der Waals surface area contributed by atoms with Gasteiger partial charge >= 0.3 is 5.97 Å². The number of likely N-dealkylation sites (tertiary alicyclic amines) is 1. The van der Waals surface area contributed by atoms with Crippen molar-refractivity contribution in [2.45, 2.75) is 24.9 Å². The summed E-state index contributed by atoms with van der Waals surface area (Å²) < 4.78 is 6.25. The maximum atomic E-state index is 13.3. The molecule has 2 atom stereocenters. The molecule has 0 aliphatic carbocycles. The molecule has 1 aliphatic rings. The molecule has 3 rings (SSSR count). The quantitative estimate of drug-likeness (QED) is 0.633. The van der Waals surface area contributed by atoms with E-state index in [-0.39, 0.29) is 17.0 Å². The normalized spacial score (nSPS) is 17.8. The number of anilines is 1. The number of imidazole rings is 1. The number of esters is 1. The molecule has 138 valence electrons. The molecule has 9 nitrogen and oxygen atoms in total. The highest BCUT2D eigenvalue weighted by Crippen LogP contribution is 2.28. The van der Waals surface area contributed by atoms with Crippen LogP contribution in [0.15, 0.2) is 42.9 Å². The zero-order valence-corrected chi connectivity index (χ0v) is 14.2. The van der Waals surface area contributed by atoms with E-state index in [0.29, 0.717) is 24.9 Å². The van der Waals surface area contributed by atoms with Gasteiger partial charge in [0.15, 0.2) is 5.82 Å². The van der Waals surface area contributed by atoms with Crippen LogP contribution in [-0.2, 0) is 14.3 Å². The van der Waals surface area contributed by atoms with Gasteiger partial charge in [0.2, 0.25) is 0 Å². The third kappa shape index (κ3) is 3.39. The number of carbonyl (C=O) groups is 2.